The maximum absolute atomic E-state index is 14.2. The zero-order valence-corrected chi connectivity index (χ0v) is 17.4. The fraction of sp³-hybridized carbons (Fsp3) is 0.0952. The summed E-state index contributed by atoms with van der Waals surface area (Å²) in [6.45, 7) is 1.72. The van der Waals surface area contributed by atoms with Gasteiger partial charge in [-0.25, -0.2) is 37.5 Å². The predicted molar refractivity (Wildman–Crippen MR) is 113 cm³/mol. The van der Waals surface area contributed by atoms with Crippen molar-refractivity contribution >= 4 is 16.9 Å². The Hall–Kier alpha value is -4.86. The van der Waals surface area contributed by atoms with E-state index in [1.54, 1.807) is 25.1 Å². The highest BCUT2D eigenvalue weighted by atomic mass is 19.1. The molecule has 1 unspecified atom stereocenters. The van der Waals surface area contributed by atoms with Crippen LogP contribution in [0.3, 0.4) is 0 Å². The van der Waals surface area contributed by atoms with Gasteiger partial charge >= 0.3 is 0 Å². The van der Waals surface area contributed by atoms with Crippen molar-refractivity contribution in [2.45, 2.75) is 13.0 Å². The molecule has 0 aliphatic carbocycles. The second kappa shape index (κ2) is 7.93. The first kappa shape index (κ1) is 21.0. The van der Waals surface area contributed by atoms with Gasteiger partial charge in [-0.3, -0.25) is 0 Å². The van der Waals surface area contributed by atoms with E-state index in [9.17, 15) is 18.4 Å². The SMILES string of the molecule is CC(c1cn(-c2c(F)cc(F)cc2F)nn1)n1nc(-c2cccc(C#N)n2)c2c(N)ncnc21. The van der Waals surface area contributed by atoms with Crippen LogP contribution in [0.15, 0.2) is 42.9 Å². The number of nitrogens with two attached hydrogens (primary N) is 1. The summed E-state index contributed by atoms with van der Waals surface area (Å²) in [4.78, 5) is 12.6. The summed E-state index contributed by atoms with van der Waals surface area (Å²) in [6, 6.07) is 7.34. The number of nitriles is 1. The van der Waals surface area contributed by atoms with Gasteiger partial charge in [0.2, 0.25) is 0 Å². The Bertz CT molecular complexity index is 1580. The Morgan fingerprint density at radius 1 is 1.12 bits per heavy atom. The summed E-state index contributed by atoms with van der Waals surface area (Å²) in [7, 11) is 0. The molecule has 0 fully saturated rings. The molecule has 1 atom stereocenters. The van der Waals surface area contributed by atoms with Gasteiger partial charge in [-0.2, -0.15) is 10.4 Å². The number of hydrogen-bond acceptors (Lipinski definition) is 8. The Morgan fingerprint density at radius 3 is 2.62 bits per heavy atom. The molecule has 168 valence electrons. The van der Waals surface area contributed by atoms with E-state index in [0.29, 0.717) is 34.6 Å². The fourth-order valence-corrected chi connectivity index (χ4v) is 3.53. The molecule has 4 aromatic heterocycles. The molecule has 0 bridgehead atoms. The zero-order chi connectivity index (χ0) is 24.0. The Kier molecular flexibility index (Phi) is 4.90. The summed E-state index contributed by atoms with van der Waals surface area (Å²) in [5.41, 5.74) is 7.10. The highest BCUT2D eigenvalue weighted by Crippen LogP contribution is 2.32. The highest BCUT2D eigenvalue weighted by Gasteiger charge is 2.24. The lowest BCUT2D eigenvalue weighted by Crippen LogP contribution is -2.10. The van der Waals surface area contributed by atoms with Gasteiger partial charge in [-0.05, 0) is 19.1 Å². The van der Waals surface area contributed by atoms with Crippen molar-refractivity contribution in [2.75, 3.05) is 5.73 Å². The number of nitrogens with zero attached hydrogens (tertiary/aromatic N) is 9. The van der Waals surface area contributed by atoms with E-state index in [2.05, 4.69) is 30.4 Å². The van der Waals surface area contributed by atoms with Gasteiger partial charge in [0.1, 0.15) is 46.8 Å². The Balaban J connectivity index is 1.63. The van der Waals surface area contributed by atoms with Crippen LogP contribution < -0.4 is 5.73 Å². The van der Waals surface area contributed by atoms with E-state index in [4.69, 9.17) is 5.73 Å². The van der Waals surface area contributed by atoms with E-state index in [-0.39, 0.29) is 17.2 Å². The van der Waals surface area contributed by atoms with Gasteiger partial charge < -0.3 is 5.73 Å². The van der Waals surface area contributed by atoms with Gasteiger partial charge in [0.05, 0.1) is 23.3 Å². The summed E-state index contributed by atoms with van der Waals surface area (Å²) >= 11 is 0. The molecule has 2 N–H and O–H groups in total. The topological polar surface area (TPSA) is 137 Å². The molecule has 0 saturated heterocycles. The van der Waals surface area contributed by atoms with Gasteiger partial charge in [-0.15, -0.1) is 5.10 Å². The third-order valence-electron chi connectivity index (χ3n) is 5.14. The maximum atomic E-state index is 14.2. The van der Waals surface area contributed by atoms with Crippen molar-refractivity contribution in [1.82, 2.24) is 39.7 Å². The maximum Gasteiger partial charge on any atom is 0.164 e. The third kappa shape index (κ3) is 3.37. The van der Waals surface area contributed by atoms with Crippen LogP contribution >= 0.6 is 0 Å². The quantitative estimate of drug-likeness (QED) is 0.430. The first-order chi connectivity index (χ1) is 16.4. The highest BCUT2D eigenvalue weighted by molar-refractivity contribution is 5.97. The Morgan fingerprint density at radius 2 is 1.88 bits per heavy atom. The standard InChI is InChI=1S/C21H13F3N10/c1-10(16-8-33(32-30-16)19-13(23)5-11(22)6-14(19)24)34-21-17(20(26)27-9-28-21)18(31-34)15-4-2-3-12(7-25)29-15/h2-6,8-10H,1H3,(H2,26,27,28). The van der Waals surface area contributed by atoms with Crippen molar-refractivity contribution in [3.8, 4) is 23.1 Å². The van der Waals surface area contributed by atoms with Crippen LogP contribution in [0.5, 0.6) is 0 Å². The number of aromatic nitrogens is 8. The second-order valence-corrected chi connectivity index (χ2v) is 7.25. The molecule has 0 amide bonds. The molecule has 1 aromatic carbocycles. The molecule has 0 saturated carbocycles. The largest absolute Gasteiger partial charge is 0.383 e. The molecular formula is C21H13F3N10. The van der Waals surface area contributed by atoms with Crippen molar-refractivity contribution in [1.29, 1.82) is 5.26 Å². The molecular weight excluding hydrogens is 449 g/mol. The first-order valence-electron chi connectivity index (χ1n) is 9.80. The first-order valence-corrected chi connectivity index (χ1v) is 9.80. The van der Waals surface area contributed by atoms with Crippen molar-refractivity contribution in [3.63, 3.8) is 0 Å². The van der Waals surface area contributed by atoms with Crippen LogP contribution in [0.2, 0.25) is 0 Å². The number of pyridine rings is 1. The van der Waals surface area contributed by atoms with Gasteiger partial charge in [-0.1, -0.05) is 11.3 Å². The molecule has 0 radical (unpaired) electrons. The smallest absolute Gasteiger partial charge is 0.164 e. The van der Waals surface area contributed by atoms with E-state index in [0.717, 1.165) is 4.68 Å². The van der Waals surface area contributed by atoms with Crippen LogP contribution in [0, 0.1) is 28.8 Å². The van der Waals surface area contributed by atoms with Crippen LogP contribution in [-0.2, 0) is 0 Å². The molecule has 5 aromatic rings. The monoisotopic (exact) mass is 462 g/mol. The van der Waals surface area contributed by atoms with Crippen molar-refractivity contribution < 1.29 is 13.2 Å². The molecule has 13 heteroatoms. The van der Waals surface area contributed by atoms with E-state index in [1.165, 1.54) is 17.2 Å². The third-order valence-corrected chi connectivity index (χ3v) is 5.14. The molecule has 34 heavy (non-hydrogen) atoms. The zero-order valence-electron chi connectivity index (χ0n) is 17.4. The minimum atomic E-state index is -1.13. The second-order valence-electron chi connectivity index (χ2n) is 7.25. The molecule has 5 rings (SSSR count). The molecule has 4 heterocycles. The number of fused-ring (bicyclic) bond motifs is 1. The average molecular weight is 462 g/mol. The lowest BCUT2D eigenvalue weighted by Gasteiger charge is -2.09. The summed E-state index contributed by atoms with van der Waals surface area (Å²) in [5, 5.41) is 22.0. The molecule has 10 nitrogen and oxygen atoms in total. The van der Waals surface area contributed by atoms with Gasteiger partial charge in [0.25, 0.3) is 0 Å². The summed E-state index contributed by atoms with van der Waals surface area (Å²) in [5.74, 6) is -3.15. The lowest BCUT2D eigenvalue weighted by molar-refractivity contribution is 0.526. The number of rotatable bonds is 4. The average Bonchev–Trinajstić information content (AvgIpc) is 3.44. The van der Waals surface area contributed by atoms with Crippen LogP contribution in [0.25, 0.3) is 28.1 Å². The van der Waals surface area contributed by atoms with Crippen LogP contribution in [-0.4, -0.2) is 39.7 Å². The predicted octanol–water partition coefficient (Wildman–Crippen LogP) is 2.95. The van der Waals surface area contributed by atoms with Crippen LogP contribution in [0.1, 0.15) is 24.4 Å². The minimum Gasteiger partial charge on any atom is -0.383 e. The van der Waals surface area contributed by atoms with Crippen LogP contribution in [0.4, 0.5) is 19.0 Å². The van der Waals surface area contributed by atoms with Crippen molar-refractivity contribution in [2.24, 2.45) is 0 Å². The molecule has 0 spiro atoms. The summed E-state index contributed by atoms with van der Waals surface area (Å²) < 4.78 is 44.0. The number of nitrogen functional groups attached to an aromatic ring is 1. The normalized spacial score (nSPS) is 12.1. The summed E-state index contributed by atoms with van der Waals surface area (Å²) in [6.07, 6.45) is 2.57. The van der Waals surface area contributed by atoms with Gasteiger partial charge in [0, 0.05) is 12.1 Å². The van der Waals surface area contributed by atoms with E-state index >= 15 is 0 Å². The molecule has 0 aliphatic rings. The Labute approximate surface area is 189 Å². The number of hydrogen-bond donors (Lipinski definition) is 1. The fourth-order valence-electron chi connectivity index (χ4n) is 3.53. The number of benzene rings is 1. The minimum absolute atomic E-state index is 0.154. The number of anilines is 1. The van der Waals surface area contributed by atoms with Crippen molar-refractivity contribution in [3.05, 3.63) is 71.7 Å². The van der Waals surface area contributed by atoms with E-state index in [1.807, 2.05) is 6.07 Å². The van der Waals surface area contributed by atoms with Gasteiger partial charge in [0.15, 0.2) is 17.3 Å². The van der Waals surface area contributed by atoms with E-state index < -0.39 is 29.2 Å². The molecule has 0 aliphatic heterocycles. The lowest BCUT2D eigenvalue weighted by atomic mass is 10.2. The number of halogens is 3.